The Balaban J connectivity index is 1.77. The lowest BCUT2D eigenvalue weighted by Gasteiger charge is -2.10. The minimum atomic E-state index is 0.129. The predicted molar refractivity (Wildman–Crippen MR) is 128 cm³/mol. The van der Waals surface area contributed by atoms with E-state index in [1.165, 1.54) is 36.8 Å². The van der Waals surface area contributed by atoms with Gasteiger partial charge >= 0.3 is 0 Å². The average Bonchev–Trinajstić information content (AvgIpc) is 3.04. The number of ketones is 1. The number of aromatic nitrogens is 1. The topological polar surface area (TPSA) is 22.0 Å². The van der Waals surface area contributed by atoms with Crippen molar-refractivity contribution in [1.82, 2.24) is 4.57 Å². The van der Waals surface area contributed by atoms with Crippen LogP contribution in [0, 0.1) is 13.8 Å². The molecule has 1 heterocycles. The van der Waals surface area contributed by atoms with Gasteiger partial charge in [-0.05, 0) is 37.1 Å². The Morgan fingerprint density at radius 1 is 0.833 bits per heavy atom. The minimum absolute atomic E-state index is 0.129. The molecule has 154 valence electrons. The van der Waals surface area contributed by atoms with Crippen molar-refractivity contribution in [3.8, 4) is 0 Å². The molecule has 0 unspecified atom stereocenters. The molecule has 0 N–H and O–H groups in total. The predicted octanol–water partition coefficient (Wildman–Crippen LogP) is 7.61. The molecule has 0 amide bonds. The fourth-order valence-corrected chi connectivity index (χ4v) is 4.60. The van der Waals surface area contributed by atoms with Gasteiger partial charge in [0.25, 0.3) is 0 Å². The third-order valence-corrected chi connectivity index (χ3v) is 6.23. The number of fused-ring (bicyclic) bond motifs is 2. The van der Waals surface area contributed by atoms with E-state index in [0.717, 1.165) is 45.9 Å². The number of carbonyl (C=O) groups is 1. The molecule has 0 atom stereocenters. The summed E-state index contributed by atoms with van der Waals surface area (Å²) in [6.07, 6.45) is 6.24. The van der Waals surface area contributed by atoms with E-state index in [1.807, 2.05) is 18.2 Å². The number of carbonyl (C=O) groups excluding carboxylic acids is 1. The zero-order valence-electron chi connectivity index (χ0n) is 18.4. The highest BCUT2D eigenvalue weighted by Crippen LogP contribution is 2.31. The average molecular weight is 398 g/mol. The molecule has 4 aromatic rings. The Labute approximate surface area is 179 Å². The molecule has 2 nitrogen and oxygen atoms in total. The zero-order valence-corrected chi connectivity index (χ0v) is 18.4. The van der Waals surface area contributed by atoms with Crippen LogP contribution in [0.3, 0.4) is 0 Å². The number of unbranched alkanes of at least 4 members (excludes halogenated alkanes) is 4. The molecule has 0 radical (unpaired) electrons. The highest BCUT2D eigenvalue weighted by molar-refractivity contribution is 6.22. The van der Waals surface area contributed by atoms with Crippen molar-refractivity contribution in [1.29, 1.82) is 0 Å². The standard InChI is InChI=1S/C28H31NO/c1-4-5-6-7-10-18-29-21(3)27(24-13-8-9-15-26(24)29)28(30)23-14-11-12-22-17-16-20(2)19-25(22)23/h8-9,11-17,19H,4-7,10,18H2,1-3H3. The lowest BCUT2D eigenvalue weighted by Crippen LogP contribution is -2.06. The van der Waals surface area contributed by atoms with E-state index in [0.29, 0.717) is 0 Å². The smallest absolute Gasteiger partial charge is 0.196 e. The molecule has 0 spiro atoms. The van der Waals surface area contributed by atoms with Gasteiger partial charge in [0.1, 0.15) is 0 Å². The first kappa shape index (κ1) is 20.4. The Kier molecular flexibility index (Phi) is 6.03. The number of para-hydroxylation sites is 1. The van der Waals surface area contributed by atoms with Gasteiger partial charge in [0.2, 0.25) is 0 Å². The number of hydrogen-bond acceptors (Lipinski definition) is 1. The maximum Gasteiger partial charge on any atom is 0.196 e. The SMILES string of the molecule is CCCCCCCn1c(C)c(C(=O)c2cccc3ccc(C)cc23)c2ccccc21. The Hall–Kier alpha value is -2.87. The van der Waals surface area contributed by atoms with Gasteiger partial charge in [0.05, 0.1) is 5.56 Å². The fourth-order valence-electron chi connectivity index (χ4n) is 4.60. The molecule has 0 bridgehead atoms. The summed E-state index contributed by atoms with van der Waals surface area (Å²) in [7, 11) is 0. The summed E-state index contributed by atoms with van der Waals surface area (Å²) < 4.78 is 2.35. The summed E-state index contributed by atoms with van der Waals surface area (Å²) in [6.45, 7) is 7.40. The maximum atomic E-state index is 13.8. The van der Waals surface area contributed by atoms with Gasteiger partial charge in [0.15, 0.2) is 5.78 Å². The fraction of sp³-hybridized carbons (Fsp3) is 0.321. The summed E-state index contributed by atoms with van der Waals surface area (Å²) in [4.78, 5) is 13.8. The van der Waals surface area contributed by atoms with Crippen LogP contribution >= 0.6 is 0 Å². The summed E-state index contributed by atoms with van der Waals surface area (Å²) in [5.41, 5.74) is 5.08. The first-order valence-electron chi connectivity index (χ1n) is 11.2. The van der Waals surface area contributed by atoms with E-state index in [4.69, 9.17) is 0 Å². The lowest BCUT2D eigenvalue weighted by atomic mass is 9.95. The first-order chi connectivity index (χ1) is 14.6. The van der Waals surface area contributed by atoms with E-state index in [-0.39, 0.29) is 5.78 Å². The second-order valence-corrected chi connectivity index (χ2v) is 8.40. The summed E-state index contributed by atoms with van der Waals surface area (Å²) >= 11 is 0. The Morgan fingerprint density at radius 2 is 1.63 bits per heavy atom. The van der Waals surface area contributed by atoms with Crippen molar-refractivity contribution in [2.45, 2.75) is 59.4 Å². The number of hydrogen-bond donors (Lipinski definition) is 0. The zero-order chi connectivity index (χ0) is 21.1. The van der Waals surface area contributed by atoms with Crippen LogP contribution in [0.5, 0.6) is 0 Å². The third kappa shape index (κ3) is 3.79. The number of aryl methyl sites for hydroxylation is 2. The van der Waals surface area contributed by atoms with Crippen LogP contribution in [0.2, 0.25) is 0 Å². The molecular formula is C28H31NO. The van der Waals surface area contributed by atoms with Gasteiger partial charge in [-0.3, -0.25) is 4.79 Å². The largest absolute Gasteiger partial charge is 0.344 e. The second-order valence-electron chi connectivity index (χ2n) is 8.40. The van der Waals surface area contributed by atoms with E-state index in [9.17, 15) is 4.79 Å². The molecule has 1 aromatic heterocycles. The monoisotopic (exact) mass is 397 g/mol. The molecule has 3 aromatic carbocycles. The summed E-state index contributed by atoms with van der Waals surface area (Å²) in [5, 5.41) is 3.22. The lowest BCUT2D eigenvalue weighted by molar-refractivity contribution is 0.104. The van der Waals surface area contributed by atoms with Gasteiger partial charge in [0, 0.05) is 28.7 Å². The molecule has 0 saturated heterocycles. The van der Waals surface area contributed by atoms with E-state index >= 15 is 0 Å². The van der Waals surface area contributed by atoms with Gasteiger partial charge < -0.3 is 4.57 Å². The van der Waals surface area contributed by atoms with E-state index in [1.54, 1.807) is 0 Å². The molecule has 0 fully saturated rings. The van der Waals surface area contributed by atoms with Crippen LogP contribution in [0.15, 0.2) is 60.7 Å². The van der Waals surface area contributed by atoms with E-state index in [2.05, 4.69) is 67.8 Å². The quantitative estimate of drug-likeness (QED) is 0.221. The van der Waals surface area contributed by atoms with Crippen molar-refractivity contribution in [2.75, 3.05) is 0 Å². The highest BCUT2D eigenvalue weighted by Gasteiger charge is 2.22. The highest BCUT2D eigenvalue weighted by atomic mass is 16.1. The van der Waals surface area contributed by atoms with Crippen LogP contribution in [-0.2, 0) is 6.54 Å². The van der Waals surface area contributed by atoms with Crippen molar-refractivity contribution < 1.29 is 4.79 Å². The van der Waals surface area contributed by atoms with E-state index < -0.39 is 0 Å². The second kappa shape index (κ2) is 8.87. The molecule has 0 aliphatic carbocycles. The van der Waals surface area contributed by atoms with Gasteiger partial charge in [-0.15, -0.1) is 0 Å². The van der Waals surface area contributed by atoms with Crippen molar-refractivity contribution in [3.63, 3.8) is 0 Å². The van der Waals surface area contributed by atoms with Crippen LogP contribution in [-0.4, -0.2) is 10.4 Å². The van der Waals surface area contributed by atoms with Crippen molar-refractivity contribution in [2.24, 2.45) is 0 Å². The van der Waals surface area contributed by atoms with Crippen LogP contribution < -0.4 is 0 Å². The summed E-state index contributed by atoms with van der Waals surface area (Å²) in [6, 6.07) is 20.7. The van der Waals surface area contributed by atoms with Crippen molar-refractivity contribution >= 4 is 27.5 Å². The maximum absolute atomic E-state index is 13.8. The number of benzene rings is 3. The molecule has 0 saturated carbocycles. The number of rotatable bonds is 8. The molecule has 0 aliphatic heterocycles. The molecule has 4 rings (SSSR count). The molecule has 0 aliphatic rings. The molecular weight excluding hydrogens is 366 g/mol. The molecule has 2 heteroatoms. The van der Waals surface area contributed by atoms with Gasteiger partial charge in [-0.2, -0.15) is 0 Å². The first-order valence-corrected chi connectivity index (χ1v) is 11.2. The third-order valence-electron chi connectivity index (χ3n) is 6.23. The van der Waals surface area contributed by atoms with Crippen LogP contribution in [0.4, 0.5) is 0 Å². The normalized spacial score (nSPS) is 11.4. The Bertz CT molecular complexity index is 1200. The number of nitrogens with zero attached hydrogens (tertiary/aromatic N) is 1. The van der Waals surface area contributed by atoms with Crippen LogP contribution in [0.1, 0.15) is 66.2 Å². The van der Waals surface area contributed by atoms with Gasteiger partial charge in [-0.25, -0.2) is 0 Å². The Morgan fingerprint density at radius 3 is 2.47 bits per heavy atom. The summed E-state index contributed by atoms with van der Waals surface area (Å²) in [5.74, 6) is 0.129. The van der Waals surface area contributed by atoms with Crippen molar-refractivity contribution in [3.05, 3.63) is 83.0 Å². The minimum Gasteiger partial charge on any atom is -0.344 e. The van der Waals surface area contributed by atoms with Gasteiger partial charge in [-0.1, -0.05) is 92.8 Å². The van der Waals surface area contributed by atoms with Crippen LogP contribution in [0.25, 0.3) is 21.7 Å². The molecule has 30 heavy (non-hydrogen) atoms.